The van der Waals surface area contributed by atoms with Gasteiger partial charge >= 0.3 is 18.0 Å². The number of rotatable bonds is 7. The monoisotopic (exact) mass is 340 g/mol. The molecule has 3 amide bonds. The van der Waals surface area contributed by atoms with Crippen LogP contribution in [0, 0.1) is 5.92 Å². The normalized spacial score (nSPS) is 22.1. The number of esters is 1. The van der Waals surface area contributed by atoms with Crippen LogP contribution in [0.15, 0.2) is 0 Å². The summed E-state index contributed by atoms with van der Waals surface area (Å²) in [7, 11) is 0. The van der Waals surface area contributed by atoms with E-state index in [1.165, 1.54) is 4.90 Å². The lowest BCUT2D eigenvalue weighted by atomic mass is 9.88. The maximum absolute atomic E-state index is 12.6. The lowest BCUT2D eigenvalue weighted by molar-refractivity contribution is -0.147. The van der Waals surface area contributed by atoms with Crippen molar-refractivity contribution >= 4 is 23.9 Å². The standard InChI is InChI=1S/C16H24N2O6/c1-2-24-14(21)10-18-15(22)12(8-13(19)20)17(16(18)23)9-11-6-4-3-5-7-11/h11-12H,2-10H2,1H3,(H,19,20)/t12-/m0/s1. The number of imide groups is 1. The number of hydrogen-bond acceptors (Lipinski definition) is 5. The summed E-state index contributed by atoms with van der Waals surface area (Å²) in [6, 6.07) is -1.63. The predicted octanol–water partition coefficient (Wildman–Crippen LogP) is 1.24. The van der Waals surface area contributed by atoms with Crippen molar-refractivity contribution in [2.75, 3.05) is 19.7 Å². The van der Waals surface area contributed by atoms with Crippen molar-refractivity contribution in [2.24, 2.45) is 5.92 Å². The third-order valence-corrected chi connectivity index (χ3v) is 4.54. The molecule has 1 saturated heterocycles. The van der Waals surface area contributed by atoms with Crippen LogP contribution in [0.4, 0.5) is 4.79 Å². The maximum atomic E-state index is 12.6. The van der Waals surface area contributed by atoms with Gasteiger partial charge in [0.25, 0.3) is 5.91 Å². The average molecular weight is 340 g/mol. The Morgan fingerprint density at radius 2 is 1.88 bits per heavy atom. The molecule has 0 aromatic rings. The zero-order valence-corrected chi connectivity index (χ0v) is 13.9. The van der Waals surface area contributed by atoms with Gasteiger partial charge < -0.3 is 14.7 Å². The van der Waals surface area contributed by atoms with Gasteiger partial charge in [-0.3, -0.25) is 19.3 Å². The number of ether oxygens (including phenoxy) is 1. The Morgan fingerprint density at radius 1 is 1.21 bits per heavy atom. The molecule has 0 unspecified atom stereocenters. The topological polar surface area (TPSA) is 104 Å². The molecule has 0 aromatic carbocycles. The first-order chi connectivity index (χ1) is 11.4. The lowest BCUT2D eigenvalue weighted by Gasteiger charge is -2.28. The summed E-state index contributed by atoms with van der Waals surface area (Å²) in [4.78, 5) is 49.8. The molecule has 1 aliphatic heterocycles. The predicted molar refractivity (Wildman–Crippen MR) is 83.1 cm³/mol. The number of carboxylic acid groups (broad SMARTS) is 1. The summed E-state index contributed by atoms with van der Waals surface area (Å²) in [6.45, 7) is 1.68. The number of aliphatic carboxylic acids is 1. The highest BCUT2D eigenvalue weighted by molar-refractivity contribution is 6.07. The van der Waals surface area contributed by atoms with E-state index in [2.05, 4.69) is 0 Å². The molecule has 1 N–H and O–H groups in total. The Balaban J connectivity index is 2.11. The summed E-state index contributed by atoms with van der Waals surface area (Å²) in [5.74, 6) is -2.18. The molecule has 8 nitrogen and oxygen atoms in total. The number of carbonyl (C=O) groups is 4. The Labute approximate surface area is 140 Å². The zero-order chi connectivity index (χ0) is 17.7. The molecular weight excluding hydrogens is 316 g/mol. The van der Waals surface area contributed by atoms with Gasteiger partial charge in [0.1, 0.15) is 12.6 Å². The van der Waals surface area contributed by atoms with Gasteiger partial charge in [0.15, 0.2) is 0 Å². The van der Waals surface area contributed by atoms with Crippen LogP contribution < -0.4 is 0 Å². The quantitative estimate of drug-likeness (QED) is 0.552. The zero-order valence-electron chi connectivity index (χ0n) is 13.9. The third-order valence-electron chi connectivity index (χ3n) is 4.54. The second kappa shape index (κ2) is 8.12. The highest BCUT2D eigenvalue weighted by atomic mass is 16.5. The first-order valence-electron chi connectivity index (χ1n) is 8.43. The molecule has 2 rings (SSSR count). The minimum absolute atomic E-state index is 0.152. The van der Waals surface area contributed by atoms with Gasteiger partial charge in [0, 0.05) is 6.54 Å². The molecule has 1 atom stereocenters. The second-order valence-corrected chi connectivity index (χ2v) is 6.28. The van der Waals surface area contributed by atoms with E-state index >= 15 is 0 Å². The van der Waals surface area contributed by atoms with Gasteiger partial charge in [-0.2, -0.15) is 0 Å². The number of carbonyl (C=O) groups excluding carboxylic acids is 3. The van der Waals surface area contributed by atoms with Gasteiger partial charge in [-0.1, -0.05) is 19.3 Å². The molecule has 1 saturated carbocycles. The summed E-state index contributed by atoms with van der Waals surface area (Å²) in [5, 5.41) is 9.05. The van der Waals surface area contributed by atoms with E-state index in [0.717, 1.165) is 37.0 Å². The molecule has 0 spiro atoms. The highest BCUT2D eigenvalue weighted by Gasteiger charge is 2.47. The van der Waals surface area contributed by atoms with E-state index in [0.29, 0.717) is 6.54 Å². The second-order valence-electron chi connectivity index (χ2n) is 6.28. The van der Waals surface area contributed by atoms with Crippen molar-refractivity contribution in [1.29, 1.82) is 0 Å². The number of amides is 3. The molecule has 2 aliphatic rings. The van der Waals surface area contributed by atoms with Crippen LogP contribution in [-0.4, -0.2) is 64.5 Å². The van der Waals surface area contributed by atoms with E-state index in [4.69, 9.17) is 9.84 Å². The van der Waals surface area contributed by atoms with Crippen LogP contribution in [0.3, 0.4) is 0 Å². The van der Waals surface area contributed by atoms with Gasteiger partial charge in [-0.25, -0.2) is 4.79 Å². The number of carboxylic acids is 1. The largest absolute Gasteiger partial charge is 0.481 e. The lowest BCUT2D eigenvalue weighted by Crippen LogP contribution is -2.40. The van der Waals surface area contributed by atoms with Crippen LogP contribution in [-0.2, 0) is 19.1 Å². The highest BCUT2D eigenvalue weighted by Crippen LogP contribution is 2.28. The molecule has 0 bridgehead atoms. The Hall–Kier alpha value is -2.12. The minimum Gasteiger partial charge on any atom is -0.481 e. The van der Waals surface area contributed by atoms with Gasteiger partial charge in [-0.05, 0) is 25.7 Å². The molecule has 8 heteroatoms. The summed E-state index contributed by atoms with van der Waals surface area (Å²) < 4.78 is 4.78. The number of urea groups is 1. The minimum atomic E-state index is -1.15. The van der Waals surface area contributed by atoms with Gasteiger partial charge in [0.05, 0.1) is 13.0 Å². The fourth-order valence-electron chi connectivity index (χ4n) is 3.39. The SMILES string of the molecule is CCOC(=O)CN1C(=O)[C@H](CC(=O)O)N(CC2CCCCC2)C1=O. The summed E-state index contributed by atoms with van der Waals surface area (Å²) in [5.41, 5.74) is 0. The number of nitrogens with zero attached hydrogens (tertiary/aromatic N) is 2. The fraction of sp³-hybridized carbons (Fsp3) is 0.750. The smallest absolute Gasteiger partial charge is 0.328 e. The van der Waals surface area contributed by atoms with Crippen LogP contribution in [0.1, 0.15) is 45.4 Å². The molecule has 0 aromatic heterocycles. The van der Waals surface area contributed by atoms with Crippen LogP contribution in [0.2, 0.25) is 0 Å². The van der Waals surface area contributed by atoms with E-state index < -0.39 is 42.9 Å². The van der Waals surface area contributed by atoms with Crippen molar-refractivity contribution in [3.8, 4) is 0 Å². The average Bonchev–Trinajstić information content (AvgIpc) is 2.74. The van der Waals surface area contributed by atoms with Crippen molar-refractivity contribution in [2.45, 2.75) is 51.5 Å². The third kappa shape index (κ3) is 4.24. The first-order valence-corrected chi connectivity index (χ1v) is 8.43. The molecule has 2 fully saturated rings. The molecular formula is C16H24N2O6. The molecule has 134 valence electrons. The van der Waals surface area contributed by atoms with E-state index in [1.54, 1.807) is 6.92 Å². The fourth-order valence-corrected chi connectivity index (χ4v) is 3.39. The van der Waals surface area contributed by atoms with E-state index in [1.807, 2.05) is 0 Å². The van der Waals surface area contributed by atoms with Crippen LogP contribution in [0.25, 0.3) is 0 Å². The Morgan fingerprint density at radius 3 is 2.46 bits per heavy atom. The molecule has 1 heterocycles. The van der Waals surface area contributed by atoms with Crippen molar-refractivity contribution in [1.82, 2.24) is 9.80 Å². The van der Waals surface area contributed by atoms with Crippen molar-refractivity contribution < 1.29 is 29.0 Å². The molecule has 1 aliphatic carbocycles. The number of hydrogen-bond donors (Lipinski definition) is 1. The maximum Gasteiger partial charge on any atom is 0.328 e. The Bertz CT molecular complexity index is 515. The van der Waals surface area contributed by atoms with Gasteiger partial charge in [-0.15, -0.1) is 0 Å². The molecule has 0 radical (unpaired) electrons. The van der Waals surface area contributed by atoms with E-state index in [9.17, 15) is 19.2 Å². The van der Waals surface area contributed by atoms with Crippen LogP contribution in [0.5, 0.6) is 0 Å². The molecule has 24 heavy (non-hydrogen) atoms. The summed E-state index contributed by atoms with van der Waals surface area (Å²) in [6.07, 6.45) is 4.81. The van der Waals surface area contributed by atoms with Crippen LogP contribution >= 0.6 is 0 Å². The van der Waals surface area contributed by atoms with Gasteiger partial charge in [0.2, 0.25) is 0 Å². The van der Waals surface area contributed by atoms with E-state index in [-0.39, 0.29) is 12.5 Å². The first kappa shape index (κ1) is 18.2. The van der Waals surface area contributed by atoms with Crippen molar-refractivity contribution in [3.63, 3.8) is 0 Å². The Kier molecular flexibility index (Phi) is 6.16. The van der Waals surface area contributed by atoms with Crippen molar-refractivity contribution in [3.05, 3.63) is 0 Å². The summed E-state index contributed by atoms with van der Waals surface area (Å²) >= 11 is 0.